The topological polar surface area (TPSA) is 46.9 Å². The van der Waals surface area contributed by atoms with E-state index in [0.717, 1.165) is 6.42 Å². The largest absolute Gasteiger partial charge is 0.356 e. The maximum absolute atomic E-state index is 11.7. The summed E-state index contributed by atoms with van der Waals surface area (Å²) in [7, 11) is 1.90. The number of nitrogens with zero attached hydrogens (tertiary/aromatic N) is 2. The van der Waals surface area contributed by atoms with Gasteiger partial charge in [0, 0.05) is 38.4 Å². The van der Waals surface area contributed by atoms with Crippen LogP contribution >= 0.6 is 0 Å². The number of amides is 1. The number of hydrogen-bond acceptors (Lipinski definition) is 2. The summed E-state index contributed by atoms with van der Waals surface area (Å²) in [4.78, 5) is 15.7. The quantitative estimate of drug-likeness (QED) is 0.861. The van der Waals surface area contributed by atoms with Crippen LogP contribution in [0.25, 0.3) is 0 Å². The van der Waals surface area contributed by atoms with Gasteiger partial charge in [-0.2, -0.15) is 0 Å². The molecule has 2 rings (SSSR count). The van der Waals surface area contributed by atoms with E-state index in [0.29, 0.717) is 12.1 Å². The van der Waals surface area contributed by atoms with Crippen molar-refractivity contribution < 1.29 is 4.79 Å². The standard InChI is InChI=1S/C13H15N3O/c1-16-9-5-12(10-16)13(17)15-8-4-11-2-6-14-7-3-11/h2-3,5-7,9-10H,4,8H2,1H3,(H,15,17). The van der Waals surface area contributed by atoms with Crippen LogP contribution in [0, 0.1) is 0 Å². The molecule has 0 aliphatic heterocycles. The zero-order valence-electron chi connectivity index (χ0n) is 9.76. The Morgan fingerprint density at radius 2 is 2.12 bits per heavy atom. The van der Waals surface area contributed by atoms with E-state index in [9.17, 15) is 4.79 Å². The third-order valence-electron chi connectivity index (χ3n) is 2.54. The molecule has 0 aliphatic carbocycles. The fraction of sp³-hybridized carbons (Fsp3) is 0.231. The van der Waals surface area contributed by atoms with E-state index in [1.54, 1.807) is 12.4 Å². The van der Waals surface area contributed by atoms with Crippen molar-refractivity contribution in [1.29, 1.82) is 0 Å². The molecule has 0 unspecified atom stereocenters. The lowest BCUT2D eigenvalue weighted by Crippen LogP contribution is -2.25. The summed E-state index contributed by atoms with van der Waals surface area (Å²) in [5.74, 6) is -0.0281. The molecule has 2 heterocycles. The Hall–Kier alpha value is -2.10. The fourth-order valence-corrected chi connectivity index (χ4v) is 1.61. The van der Waals surface area contributed by atoms with Gasteiger partial charge in [-0.25, -0.2) is 0 Å². The second-order valence-electron chi connectivity index (χ2n) is 3.93. The van der Waals surface area contributed by atoms with E-state index in [1.165, 1.54) is 5.56 Å². The fourth-order valence-electron chi connectivity index (χ4n) is 1.61. The van der Waals surface area contributed by atoms with Gasteiger partial charge in [0.05, 0.1) is 5.56 Å². The van der Waals surface area contributed by atoms with Gasteiger partial charge in [-0.1, -0.05) is 0 Å². The van der Waals surface area contributed by atoms with Gasteiger partial charge < -0.3 is 9.88 Å². The van der Waals surface area contributed by atoms with E-state index in [4.69, 9.17) is 0 Å². The Morgan fingerprint density at radius 3 is 2.76 bits per heavy atom. The van der Waals surface area contributed by atoms with Crippen molar-refractivity contribution in [2.45, 2.75) is 6.42 Å². The van der Waals surface area contributed by atoms with E-state index < -0.39 is 0 Å². The van der Waals surface area contributed by atoms with Crippen LogP contribution in [-0.2, 0) is 13.5 Å². The second-order valence-corrected chi connectivity index (χ2v) is 3.93. The predicted molar refractivity (Wildman–Crippen MR) is 65.7 cm³/mol. The van der Waals surface area contributed by atoms with Crippen molar-refractivity contribution in [2.75, 3.05) is 6.54 Å². The van der Waals surface area contributed by atoms with Crippen molar-refractivity contribution in [3.05, 3.63) is 54.1 Å². The Labute approximate surface area is 100 Å². The summed E-state index contributed by atoms with van der Waals surface area (Å²) in [6.07, 6.45) is 8.00. The lowest BCUT2D eigenvalue weighted by atomic mass is 10.2. The van der Waals surface area contributed by atoms with Crippen LogP contribution in [0.3, 0.4) is 0 Å². The molecule has 4 heteroatoms. The molecular formula is C13H15N3O. The smallest absolute Gasteiger partial charge is 0.252 e. The van der Waals surface area contributed by atoms with E-state index in [-0.39, 0.29) is 5.91 Å². The number of hydrogen-bond donors (Lipinski definition) is 1. The lowest BCUT2D eigenvalue weighted by molar-refractivity contribution is 0.0954. The number of nitrogens with one attached hydrogen (secondary N) is 1. The zero-order valence-corrected chi connectivity index (χ0v) is 9.76. The molecule has 0 aromatic carbocycles. The molecule has 0 spiro atoms. The SMILES string of the molecule is Cn1ccc(C(=O)NCCc2ccncc2)c1. The van der Waals surface area contributed by atoms with E-state index in [2.05, 4.69) is 10.3 Å². The third-order valence-corrected chi connectivity index (χ3v) is 2.54. The Bertz CT molecular complexity index is 490. The van der Waals surface area contributed by atoms with Crippen LogP contribution in [0.2, 0.25) is 0 Å². The van der Waals surface area contributed by atoms with Gasteiger partial charge in [0.1, 0.15) is 0 Å². The van der Waals surface area contributed by atoms with Crippen molar-refractivity contribution in [3.8, 4) is 0 Å². The van der Waals surface area contributed by atoms with Crippen LogP contribution in [0.15, 0.2) is 43.0 Å². The highest BCUT2D eigenvalue weighted by molar-refractivity contribution is 5.93. The first-order valence-corrected chi connectivity index (χ1v) is 5.55. The summed E-state index contributed by atoms with van der Waals surface area (Å²) in [6, 6.07) is 5.71. The monoisotopic (exact) mass is 229 g/mol. The van der Waals surface area contributed by atoms with Crippen molar-refractivity contribution in [3.63, 3.8) is 0 Å². The van der Waals surface area contributed by atoms with Gasteiger partial charge in [0.2, 0.25) is 0 Å². The normalized spacial score (nSPS) is 10.2. The number of carbonyl (C=O) groups is 1. The molecule has 0 radical (unpaired) electrons. The molecule has 0 aliphatic rings. The second kappa shape index (κ2) is 5.30. The summed E-state index contributed by atoms with van der Waals surface area (Å²) >= 11 is 0. The first kappa shape index (κ1) is 11.4. The molecule has 0 saturated heterocycles. The summed E-state index contributed by atoms with van der Waals surface area (Å²) in [5, 5.41) is 2.89. The van der Waals surface area contributed by atoms with Crippen LogP contribution < -0.4 is 5.32 Å². The van der Waals surface area contributed by atoms with E-state index >= 15 is 0 Å². The highest BCUT2D eigenvalue weighted by Crippen LogP contribution is 2.00. The minimum absolute atomic E-state index is 0.0281. The molecule has 0 bridgehead atoms. The van der Waals surface area contributed by atoms with Gasteiger partial charge in [-0.15, -0.1) is 0 Å². The van der Waals surface area contributed by atoms with Crippen LogP contribution in [0.5, 0.6) is 0 Å². The molecule has 4 nitrogen and oxygen atoms in total. The van der Waals surface area contributed by atoms with Gasteiger partial charge in [-0.05, 0) is 30.2 Å². The summed E-state index contributed by atoms with van der Waals surface area (Å²) < 4.78 is 1.86. The molecule has 0 saturated carbocycles. The highest BCUT2D eigenvalue weighted by Gasteiger charge is 2.05. The van der Waals surface area contributed by atoms with Gasteiger partial charge >= 0.3 is 0 Å². The van der Waals surface area contributed by atoms with Gasteiger partial charge in [0.25, 0.3) is 5.91 Å². The zero-order chi connectivity index (χ0) is 12.1. The summed E-state index contributed by atoms with van der Waals surface area (Å²) in [6.45, 7) is 0.637. The molecule has 2 aromatic rings. The Kier molecular flexibility index (Phi) is 3.55. The minimum Gasteiger partial charge on any atom is -0.356 e. The van der Waals surface area contributed by atoms with Crippen molar-refractivity contribution in [1.82, 2.24) is 14.9 Å². The molecular weight excluding hydrogens is 214 g/mol. The average molecular weight is 229 g/mol. The number of aromatic nitrogens is 2. The van der Waals surface area contributed by atoms with Gasteiger partial charge in [-0.3, -0.25) is 9.78 Å². The minimum atomic E-state index is -0.0281. The molecule has 2 aromatic heterocycles. The first-order valence-electron chi connectivity index (χ1n) is 5.55. The summed E-state index contributed by atoms with van der Waals surface area (Å²) in [5.41, 5.74) is 1.87. The molecule has 17 heavy (non-hydrogen) atoms. The van der Waals surface area contributed by atoms with Crippen LogP contribution in [0.1, 0.15) is 15.9 Å². The van der Waals surface area contributed by atoms with Crippen molar-refractivity contribution >= 4 is 5.91 Å². The number of aryl methyl sites for hydroxylation is 1. The Morgan fingerprint density at radius 1 is 1.35 bits per heavy atom. The molecule has 0 atom stereocenters. The molecule has 1 N–H and O–H groups in total. The van der Waals surface area contributed by atoms with Crippen molar-refractivity contribution in [2.24, 2.45) is 7.05 Å². The third kappa shape index (κ3) is 3.17. The number of pyridine rings is 1. The van der Waals surface area contributed by atoms with Crippen LogP contribution in [0.4, 0.5) is 0 Å². The Balaban J connectivity index is 1.81. The first-order chi connectivity index (χ1) is 8.25. The highest BCUT2D eigenvalue weighted by atomic mass is 16.1. The maximum Gasteiger partial charge on any atom is 0.252 e. The molecule has 1 amide bonds. The van der Waals surface area contributed by atoms with Gasteiger partial charge in [0.15, 0.2) is 0 Å². The number of carbonyl (C=O) groups excluding carboxylic acids is 1. The maximum atomic E-state index is 11.7. The predicted octanol–water partition coefficient (Wildman–Crippen LogP) is 1.39. The molecule has 0 fully saturated rings. The molecule has 88 valence electrons. The lowest BCUT2D eigenvalue weighted by Gasteiger charge is -2.03. The number of rotatable bonds is 4. The van der Waals surface area contributed by atoms with E-state index in [1.807, 2.05) is 42.2 Å². The average Bonchev–Trinajstić information content (AvgIpc) is 2.77. The van der Waals surface area contributed by atoms with Crippen LogP contribution in [-0.4, -0.2) is 22.0 Å².